The summed E-state index contributed by atoms with van der Waals surface area (Å²) in [7, 11) is 1.49. The van der Waals surface area contributed by atoms with Crippen molar-refractivity contribution >= 4 is 16.7 Å². The molecule has 0 heterocycles. The zero-order chi connectivity index (χ0) is 12.3. The van der Waals surface area contributed by atoms with Crippen molar-refractivity contribution in [1.29, 1.82) is 0 Å². The molecule has 0 saturated carbocycles. The number of fused-ring (bicyclic) bond motifs is 1. The number of carbonyl (C=O) groups excluding carboxylic acids is 1. The summed E-state index contributed by atoms with van der Waals surface area (Å²) in [6.07, 6.45) is 0. The van der Waals surface area contributed by atoms with Gasteiger partial charge in [0.1, 0.15) is 12.5 Å². The first kappa shape index (κ1) is 11.4. The largest absolute Gasteiger partial charge is 0.507 e. The molecule has 2 aromatic rings. The molecule has 17 heavy (non-hydrogen) atoms. The monoisotopic (exact) mass is 231 g/mol. The molecule has 4 heteroatoms. The fraction of sp³-hybridized carbons (Fsp3) is 0.154. The van der Waals surface area contributed by atoms with Crippen LogP contribution in [0.2, 0.25) is 0 Å². The lowest BCUT2D eigenvalue weighted by Crippen LogP contribution is -2.25. The minimum atomic E-state index is -0.352. The highest BCUT2D eigenvalue weighted by Crippen LogP contribution is 2.24. The summed E-state index contributed by atoms with van der Waals surface area (Å²) in [5.41, 5.74) is 0.251. The van der Waals surface area contributed by atoms with Crippen molar-refractivity contribution in [3.63, 3.8) is 0 Å². The molecule has 0 radical (unpaired) electrons. The van der Waals surface area contributed by atoms with Gasteiger partial charge in [-0.2, -0.15) is 0 Å². The summed E-state index contributed by atoms with van der Waals surface area (Å²) < 4.78 is 4.75. The first-order valence-electron chi connectivity index (χ1n) is 5.21. The van der Waals surface area contributed by atoms with Crippen LogP contribution in [0.3, 0.4) is 0 Å². The number of aromatic hydroxyl groups is 1. The number of rotatable bonds is 3. The highest BCUT2D eigenvalue weighted by atomic mass is 16.5. The van der Waals surface area contributed by atoms with Gasteiger partial charge in [-0.1, -0.05) is 24.3 Å². The number of ether oxygens (including phenoxy) is 1. The third-order valence-electron chi connectivity index (χ3n) is 2.49. The minimum absolute atomic E-state index is 0.0303. The number of nitrogens with one attached hydrogen (secondary N) is 1. The molecule has 0 aliphatic carbocycles. The first-order valence-corrected chi connectivity index (χ1v) is 5.21. The van der Waals surface area contributed by atoms with Crippen molar-refractivity contribution < 1.29 is 14.6 Å². The molecule has 0 unspecified atom stereocenters. The average Bonchev–Trinajstić information content (AvgIpc) is 2.35. The molecule has 2 rings (SSSR count). The molecule has 0 bridgehead atoms. The predicted molar refractivity (Wildman–Crippen MR) is 65.0 cm³/mol. The second kappa shape index (κ2) is 4.84. The van der Waals surface area contributed by atoms with E-state index in [1.165, 1.54) is 7.11 Å². The molecule has 0 saturated heterocycles. The van der Waals surface area contributed by atoms with Crippen LogP contribution in [0.15, 0.2) is 36.4 Å². The molecule has 1 amide bonds. The van der Waals surface area contributed by atoms with Crippen LogP contribution in [0.25, 0.3) is 10.8 Å². The minimum Gasteiger partial charge on any atom is -0.507 e. The summed E-state index contributed by atoms with van der Waals surface area (Å²) in [5.74, 6) is -0.382. The SMILES string of the molecule is COCNC(=O)c1cc2ccccc2cc1O. The van der Waals surface area contributed by atoms with E-state index >= 15 is 0 Å². The molecule has 4 nitrogen and oxygen atoms in total. The first-order chi connectivity index (χ1) is 8.22. The van der Waals surface area contributed by atoms with Gasteiger partial charge in [-0.15, -0.1) is 0 Å². The molecule has 0 aliphatic heterocycles. The lowest BCUT2D eigenvalue weighted by molar-refractivity contribution is 0.0870. The Morgan fingerprint density at radius 2 is 1.94 bits per heavy atom. The Hall–Kier alpha value is -2.07. The van der Waals surface area contributed by atoms with E-state index in [2.05, 4.69) is 5.32 Å². The molecular formula is C13H13NO3. The van der Waals surface area contributed by atoms with Crippen LogP contribution in [0, 0.1) is 0 Å². The summed E-state index contributed by atoms with van der Waals surface area (Å²) >= 11 is 0. The molecule has 0 fully saturated rings. The van der Waals surface area contributed by atoms with E-state index in [9.17, 15) is 9.90 Å². The van der Waals surface area contributed by atoms with Crippen LogP contribution >= 0.6 is 0 Å². The van der Waals surface area contributed by atoms with E-state index < -0.39 is 0 Å². The number of hydrogen-bond acceptors (Lipinski definition) is 3. The van der Waals surface area contributed by atoms with Crippen molar-refractivity contribution in [2.75, 3.05) is 13.8 Å². The van der Waals surface area contributed by atoms with Crippen LogP contribution in [-0.2, 0) is 4.74 Å². The number of methoxy groups -OCH3 is 1. The van der Waals surface area contributed by atoms with E-state index in [0.29, 0.717) is 0 Å². The zero-order valence-electron chi connectivity index (χ0n) is 9.43. The summed E-state index contributed by atoms with van der Waals surface area (Å²) in [6, 6.07) is 10.8. The Morgan fingerprint density at radius 1 is 1.29 bits per heavy atom. The normalized spacial score (nSPS) is 10.4. The van der Waals surface area contributed by atoms with Crippen molar-refractivity contribution in [2.24, 2.45) is 0 Å². The van der Waals surface area contributed by atoms with Crippen LogP contribution < -0.4 is 5.32 Å². The zero-order valence-corrected chi connectivity index (χ0v) is 9.43. The van der Waals surface area contributed by atoms with Crippen LogP contribution in [0.4, 0.5) is 0 Å². The molecular weight excluding hydrogens is 218 g/mol. The van der Waals surface area contributed by atoms with E-state index in [-0.39, 0.29) is 24.0 Å². The summed E-state index contributed by atoms with van der Waals surface area (Å²) in [5, 5.41) is 14.1. The van der Waals surface area contributed by atoms with Gasteiger partial charge in [0.25, 0.3) is 5.91 Å². The maximum Gasteiger partial charge on any atom is 0.256 e. The highest BCUT2D eigenvalue weighted by molar-refractivity contribution is 6.01. The Labute approximate surface area is 98.8 Å². The molecule has 2 aromatic carbocycles. The number of phenols is 1. The van der Waals surface area contributed by atoms with Gasteiger partial charge in [0.05, 0.1) is 5.56 Å². The van der Waals surface area contributed by atoms with Crippen LogP contribution in [0.1, 0.15) is 10.4 Å². The van der Waals surface area contributed by atoms with Crippen molar-refractivity contribution in [1.82, 2.24) is 5.32 Å². The third kappa shape index (κ3) is 2.37. The summed E-state index contributed by atoms with van der Waals surface area (Å²) in [4.78, 5) is 11.7. The Kier molecular flexibility index (Phi) is 3.25. The molecule has 88 valence electrons. The highest BCUT2D eigenvalue weighted by Gasteiger charge is 2.11. The molecule has 0 atom stereocenters. The van der Waals surface area contributed by atoms with Gasteiger partial charge in [-0.3, -0.25) is 4.79 Å². The second-order valence-corrected chi connectivity index (χ2v) is 3.66. The van der Waals surface area contributed by atoms with Gasteiger partial charge in [0.2, 0.25) is 0 Å². The smallest absolute Gasteiger partial charge is 0.256 e. The van der Waals surface area contributed by atoms with Crippen LogP contribution in [-0.4, -0.2) is 24.9 Å². The third-order valence-corrected chi connectivity index (χ3v) is 2.49. The lowest BCUT2D eigenvalue weighted by atomic mass is 10.1. The van der Waals surface area contributed by atoms with Gasteiger partial charge in [-0.25, -0.2) is 0 Å². The van der Waals surface area contributed by atoms with E-state index in [1.54, 1.807) is 12.1 Å². The Bertz CT molecular complexity index is 551. The maximum atomic E-state index is 11.7. The van der Waals surface area contributed by atoms with Crippen molar-refractivity contribution in [2.45, 2.75) is 0 Å². The van der Waals surface area contributed by atoms with Gasteiger partial charge in [0, 0.05) is 7.11 Å². The topological polar surface area (TPSA) is 58.6 Å². The molecule has 0 spiro atoms. The molecule has 0 aliphatic rings. The van der Waals surface area contributed by atoms with Gasteiger partial charge in [0.15, 0.2) is 0 Å². The number of carbonyl (C=O) groups is 1. The lowest BCUT2D eigenvalue weighted by Gasteiger charge is -2.07. The fourth-order valence-corrected chi connectivity index (χ4v) is 1.64. The fourth-order valence-electron chi connectivity index (χ4n) is 1.64. The standard InChI is InChI=1S/C13H13NO3/c1-17-8-14-13(16)11-6-9-4-2-3-5-10(9)7-12(11)15/h2-7,15H,8H2,1H3,(H,14,16). The van der Waals surface area contributed by atoms with Gasteiger partial charge in [-0.05, 0) is 22.9 Å². The van der Waals surface area contributed by atoms with Gasteiger partial charge < -0.3 is 15.2 Å². The average molecular weight is 231 g/mol. The Morgan fingerprint density at radius 3 is 2.59 bits per heavy atom. The molecule has 0 aromatic heterocycles. The summed E-state index contributed by atoms with van der Waals surface area (Å²) in [6.45, 7) is 0.116. The number of phenolic OH excluding ortho intramolecular Hbond substituents is 1. The maximum absolute atomic E-state index is 11.7. The number of hydrogen-bond donors (Lipinski definition) is 2. The van der Waals surface area contributed by atoms with E-state index in [4.69, 9.17) is 4.74 Å². The number of amides is 1. The van der Waals surface area contributed by atoms with Crippen molar-refractivity contribution in [3.05, 3.63) is 42.0 Å². The molecule has 2 N–H and O–H groups in total. The second-order valence-electron chi connectivity index (χ2n) is 3.66. The number of benzene rings is 2. The van der Waals surface area contributed by atoms with Gasteiger partial charge >= 0.3 is 0 Å². The predicted octanol–water partition coefficient (Wildman–Crippen LogP) is 1.88. The van der Waals surface area contributed by atoms with E-state index in [0.717, 1.165) is 10.8 Å². The van der Waals surface area contributed by atoms with Crippen LogP contribution in [0.5, 0.6) is 5.75 Å². The Balaban J connectivity index is 2.40. The van der Waals surface area contributed by atoms with E-state index in [1.807, 2.05) is 24.3 Å². The quantitative estimate of drug-likeness (QED) is 0.793. The van der Waals surface area contributed by atoms with Crippen molar-refractivity contribution in [3.8, 4) is 5.75 Å².